The minimum Gasteiger partial charge on any atom is -0.379 e. The van der Waals surface area contributed by atoms with Crippen molar-refractivity contribution in [3.8, 4) is 0 Å². The van der Waals surface area contributed by atoms with Crippen molar-refractivity contribution in [1.29, 1.82) is 0 Å². The zero-order valence-electron chi connectivity index (χ0n) is 16.8. The highest BCUT2D eigenvalue weighted by atomic mass is 32.2. The molecule has 0 spiro atoms. The number of carbonyl (C=O) groups excluding carboxylic acids is 2. The minimum absolute atomic E-state index is 0.105. The summed E-state index contributed by atoms with van der Waals surface area (Å²) in [6.07, 6.45) is 1.15. The van der Waals surface area contributed by atoms with Gasteiger partial charge in [0.25, 0.3) is 5.91 Å². The summed E-state index contributed by atoms with van der Waals surface area (Å²) in [5, 5.41) is 5.50. The van der Waals surface area contributed by atoms with Gasteiger partial charge in [0.05, 0.1) is 18.1 Å². The van der Waals surface area contributed by atoms with Gasteiger partial charge in [0.2, 0.25) is 15.9 Å². The number of rotatable bonds is 7. The monoisotopic (exact) mass is 431 g/mol. The van der Waals surface area contributed by atoms with E-state index in [2.05, 4.69) is 10.6 Å². The molecule has 0 aliphatic carbocycles. The van der Waals surface area contributed by atoms with Gasteiger partial charge in [0.1, 0.15) is 0 Å². The number of ether oxygens (including phenoxy) is 1. The maximum atomic E-state index is 12.7. The fraction of sp³-hybridized carbons (Fsp3) is 0.333. The molecular formula is C21H25N3O5S. The van der Waals surface area contributed by atoms with Crippen molar-refractivity contribution < 1.29 is 22.7 Å². The molecule has 0 atom stereocenters. The number of benzene rings is 2. The molecule has 3 rings (SSSR count). The third-order valence-electron chi connectivity index (χ3n) is 4.61. The van der Waals surface area contributed by atoms with Crippen LogP contribution in [0.5, 0.6) is 0 Å². The van der Waals surface area contributed by atoms with Crippen LogP contribution in [-0.4, -0.2) is 50.8 Å². The smallest absolute Gasteiger partial charge is 0.255 e. The Bertz CT molecular complexity index is 1000. The molecule has 0 radical (unpaired) electrons. The maximum Gasteiger partial charge on any atom is 0.255 e. The number of nitrogens with one attached hydrogen (secondary N) is 2. The molecule has 1 fully saturated rings. The van der Waals surface area contributed by atoms with Crippen molar-refractivity contribution >= 4 is 33.2 Å². The largest absolute Gasteiger partial charge is 0.379 e. The molecule has 0 saturated carbocycles. The van der Waals surface area contributed by atoms with Crippen molar-refractivity contribution in [1.82, 2.24) is 4.31 Å². The van der Waals surface area contributed by atoms with E-state index in [-0.39, 0.29) is 16.7 Å². The molecular weight excluding hydrogens is 406 g/mol. The molecule has 1 heterocycles. The molecule has 160 valence electrons. The summed E-state index contributed by atoms with van der Waals surface area (Å²) < 4.78 is 31.9. The lowest BCUT2D eigenvalue weighted by Gasteiger charge is -2.26. The summed E-state index contributed by atoms with van der Waals surface area (Å²) in [5.74, 6) is -0.461. The van der Waals surface area contributed by atoms with Crippen LogP contribution in [-0.2, 0) is 19.6 Å². The Morgan fingerprint density at radius 3 is 2.37 bits per heavy atom. The van der Waals surface area contributed by atoms with Crippen LogP contribution in [0.1, 0.15) is 30.1 Å². The van der Waals surface area contributed by atoms with E-state index < -0.39 is 10.0 Å². The van der Waals surface area contributed by atoms with Crippen LogP contribution in [0.15, 0.2) is 53.4 Å². The Morgan fingerprint density at radius 1 is 1.00 bits per heavy atom. The number of carbonyl (C=O) groups is 2. The van der Waals surface area contributed by atoms with Crippen molar-refractivity contribution in [2.75, 3.05) is 36.9 Å². The van der Waals surface area contributed by atoms with Crippen LogP contribution < -0.4 is 10.6 Å². The Hall–Kier alpha value is -2.75. The third kappa shape index (κ3) is 5.44. The Labute approximate surface area is 176 Å². The Kier molecular flexibility index (Phi) is 7.20. The molecule has 8 nitrogen and oxygen atoms in total. The van der Waals surface area contributed by atoms with E-state index >= 15 is 0 Å². The summed E-state index contributed by atoms with van der Waals surface area (Å²) in [7, 11) is -3.58. The summed E-state index contributed by atoms with van der Waals surface area (Å²) in [5.41, 5.74) is 1.41. The first-order chi connectivity index (χ1) is 14.4. The topological polar surface area (TPSA) is 105 Å². The van der Waals surface area contributed by atoms with E-state index in [4.69, 9.17) is 4.74 Å². The van der Waals surface area contributed by atoms with Gasteiger partial charge in [-0.1, -0.05) is 13.0 Å². The molecule has 0 unspecified atom stereocenters. The molecule has 2 aromatic rings. The number of hydrogen-bond acceptors (Lipinski definition) is 5. The van der Waals surface area contributed by atoms with Gasteiger partial charge in [0.15, 0.2) is 0 Å². The lowest BCUT2D eigenvalue weighted by molar-refractivity contribution is -0.116. The number of amides is 2. The summed E-state index contributed by atoms with van der Waals surface area (Å²) in [6, 6.07) is 12.7. The van der Waals surface area contributed by atoms with Gasteiger partial charge in [-0.3, -0.25) is 9.59 Å². The average molecular weight is 432 g/mol. The van der Waals surface area contributed by atoms with E-state index in [1.807, 2.05) is 6.92 Å². The highest BCUT2D eigenvalue weighted by Crippen LogP contribution is 2.20. The zero-order chi connectivity index (χ0) is 21.6. The van der Waals surface area contributed by atoms with Gasteiger partial charge in [-0.2, -0.15) is 4.31 Å². The van der Waals surface area contributed by atoms with Crippen molar-refractivity contribution in [3.63, 3.8) is 0 Å². The van der Waals surface area contributed by atoms with Gasteiger partial charge in [-0.05, 0) is 48.9 Å². The van der Waals surface area contributed by atoms with Gasteiger partial charge >= 0.3 is 0 Å². The zero-order valence-corrected chi connectivity index (χ0v) is 17.6. The van der Waals surface area contributed by atoms with Crippen molar-refractivity contribution in [3.05, 3.63) is 54.1 Å². The molecule has 0 bridgehead atoms. The Balaban J connectivity index is 1.67. The molecule has 1 aliphatic rings. The SMILES string of the molecule is CCCC(=O)Nc1cccc(C(=O)Nc2ccc(S(=O)(=O)N3CCOCC3)cc2)c1. The second-order valence-electron chi connectivity index (χ2n) is 6.87. The molecule has 1 saturated heterocycles. The van der Waals surface area contributed by atoms with Crippen LogP contribution >= 0.6 is 0 Å². The summed E-state index contributed by atoms with van der Waals surface area (Å²) in [4.78, 5) is 24.5. The maximum absolute atomic E-state index is 12.7. The molecule has 0 aromatic heterocycles. The molecule has 9 heteroatoms. The summed E-state index contributed by atoms with van der Waals surface area (Å²) in [6.45, 7) is 3.33. The van der Waals surface area contributed by atoms with Gasteiger partial charge < -0.3 is 15.4 Å². The number of nitrogens with zero attached hydrogens (tertiary/aromatic N) is 1. The lowest BCUT2D eigenvalue weighted by atomic mass is 10.1. The van der Waals surface area contributed by atoms with E-state index in [0.29, 0.717) is 49.7 Å². The number of hydrogen-bond donors (Lipinski definition) is 2. The van der Waals surface area contributed by atoms with Crippen LogP contribution in [0.3, 0.4) is 0 Å². The molecule has 2 amide bonds. The molecule has 2 N–H and O–H groups in total. The molecule has 30 heavy (non-hydrogen) atoms. The van der Waals surface area contributed by atoms with E-state index in [1.54, 1.807) is 36.4 Å². The highest BCUT2D eigenvalue weighted by Gasteiger charge is 2.26. The van der Waals surface area contributed by atoms with Gasteiger partial charge in [-0.15, -0.1) is 0 Å². The molecule has 2 aromatic carbocycles. The second kappa shape index (κ2) is 9.84. The van der Waals surface area contributed by atoms with Gasteiger partial charge in [0, 0.05) is 36.4 Å². The quantitative estimate of drug-likeness (QED) is 0.701. The lowest BCUT2D eigenvalue weighted by Crippen LogP contribution is -2.40. The minimum atomic E-state index is -3.58. The van der Waals surface area contributed by atoms with Gasteiger partial charge in [-0.25, -0.2) is 8.42 Å². The predicted octanol–water partition coefficient (Wildman–Crippen LogP) is 2.70. The Morgan fingerprint density at radius 2 is 1.70 bits per heavy atom. The van der Waals surface area contributed by atoms with E-state index in [9.17, 15) is 18.0 Å². The highest BCUT2D eigenvalue weighted by molar-refractivity contribution is 7.89. The van der Waals surface area contributed by atoms with Crippen LogP contribution in [0.4, 0.5) is 11.4 Å². The first-order valence-corrected chi connectivity index (χ1v) is 11.2. The van der Waals surface area contributed by atoms with Crippen molar-refractivity contribution in [2.24, 2.45) is 0 Å². The number of morpholine rings is 1. The first-order valence-electron chi connectivity index (χ1n) is 9.79. The van der Waals surface area contributed by atoms with Crippen LogP contribution in [0, 0.1) is 0 Å². The predicted molar refractivity (Wildman–Crippen MR) is 114 cm³/mol. The van der Waals surface area contributed by atoms with E-state index in [1.165, 1.54) is 16.4 Å². The average Bonchev–Trinajstić information content (AvgIpc) is 2.75. The standard InChI is InChI=1S/C21H25N3O5S/c1-2-4-20(25)22-18-6-3-5-16(15-18)21(26)23-17-7-9-19(10-8-17)30(27,28)24-11-13-29-14-12-24/h3,5-10,15H,2,4,11-14H2,1H3,(H,22,25)(H,23,26). The third-order valence-corrected chi connectivity index (χ3v) is 6.52. The fourth-order valence-electron chi connectivity index (χ4n) is 3.04. The fourth-order valence-corrected chi connectivity index (χ4v) is 4.45. The van der Waals surface area contributed by atoms with Crippen LogP contribution in [0.2, 0.25) is 0 Å². The molecule has 1 aliphatic heterocycles. The van der Waals surface area contributed by atoms with E-state index in [0.717, 1.165) is 6.42 Å². The summed E-state index contributed by atoms with van der Waals surface area (Å²) >= 11 is 0. The number of sulfonamides is 1. The number of anilines is 2. The first kappa shape index (κ1) is 21.9. The van der Waals surface area contributed by atoms with Crippen LogP contribution in [0.25, 0.3) is 0 Å². The normalized spacial score (nSPS) is 14.8. The van der Waals surface area contributed by atoms with Crippen molar-refractivity contribution in [2.45, 2.75) is 24.7 Å². The second-order valence-corrected chi connectivity index (χ2v) is 8.81.